The maximum Gasteiger partial charge on any atom is 0.338 e. The van der Waals surface area contributed by atoms with E-state index in [1.807, 2.05) is 25.1 Å². The Morgan fingerprint density at radius 1 is 1.42 bits per heavy atom. The monoisotopic (exact) mass is 262 g/mol. The predicted molar refractivity (Wildman–Crippen MR) is 76.5 cm³/mol. The second kappa shape index (κ2) is 7.14. The van der Waals surface area contributed by atoms with Gasteiger partial charge in [-0.15, -0.1) is 0 Å². The molecule has 0 bridgehead atoms. The number of benzene rings is 1. The summed E-state index contributed by atoms with van der Waals surface area (Å²) in [5.74, 6) is 0.459. The minimum absolute atomic E-state index is 0.256. The molecule has 104 valence electrons. The van der Waals surface area contributed by atoms with Crippen LogP contribution in [0, 0.1) is 5.92 Å². The van der Waals surface area contributed by atoms with Gasteiger partial charge in [-0.2, -0.15) is 0 Å². The fourth-order valence-corrected chi connectivity index (χ4v) is 2.32. The summed E-state index contributed by atoms with van der Waals surface area (Å²) in [5, 5.41) is 6.78. The SMILES string of the molecule is CCOC(=O)c1cccc(NCC2CCNCC2)c1. The number of hydrogen-bond donors (Lipinski definition) is 2. The van der Waals surface area contributed by atoms with E-state index in [0.29, 0.717) is 18.1 Å². The number of ether oxygens (including phenoxy) is 1. The standard InChI is InChI=1S/C15H22N2O2/c1-2-19-15(18)13-4-3-5-14(10-13)17-11-12-6-8-16-9-7-12/h3-5,10,12,16-17H,2,6-9,11H2,1H3. The average Bonchev–Trinajstić information content (AvgIpc) is 2.47. The van der Waals surface area contributed by atoms with E-state index >= 15 is 0 Å². The second-order valence-corrected chi connectivity index (χ2v) is 4.88. The van der Waals surface area contributed by atoms with Crippen LogP contribution in [0.4, 0.5) is 5.69 Å². The molecule has 1 fully saturated rings. The lowest BCUT2D eigenvalue weighted by Gasteiger charge is -2.23. The molecule has 0 unspecified atom stereocenters. The molecule has 1 saturated heterocycles. The molecule has 0 atom stereocenters. The number of carbonyl (C=O) groups is 1. The Morgan fingerprint density at radius 2 is 2.21 bits per heavy atom. The molecule has 1 aliphatic heterocycles. The van der Waals surface area contributed by atoms with Crippen molar-refractivity contribution in [2.75, 3.05) is 31.6 Å². The lowest BCUT2D eigenvalue weighted by Crippen LogP contribution is -2.31. The Balaban J connectivity index is 1.89. The topological polar surface area (TPSA) is 50.4 Å². The number of anilines is 1. The predicted octanol–water partition coefficient (Wildman–Crippen LogP) is 2.27. The van der Waals surface area contributed by atoms with E-state index in [1.165, 1.54) is 12.8 Å². The molecule has 1 aromatic carbocycles. The van der Waals surface area contributed by atoms with Gasteiger partial charge in [0, 0.05) is 12.2 Å². The first kappa shape index (κ1) is 13.9. The van der Waals surface area contributed by atoms with Crippen molar-refractivity contribution in [1.29, 1.82) is 0 Å². The van der Waals surface area contributed by atoms with Gasteiger partial charge in [0.25, 0.3) is 0 Å². The Bertz CT molecular complexity index is 414. The highest BCUT2D eigenvalue weighted by molar-refractivity contribution is 5.90. The van der Waals surface area contributed by atoms with Gasteiger partial charge in [0.1, 0.15) is 0 Å². The molecule has 2 N–H and O–H groups in total. The Labute approximate surface area is 114 Å². The van der Waals surface area contributed by atoms with E-state index in [2.05, 4.69) is 10.6 Å². The summed E-state index contributed by atoms with van der Waals surface area (Å²) in [5.41, 5.74) is 1.60. The molecule has 0 saturated carbocycles. The Morgan fingerprint density at radius 3 is 2.95 bits per heavy atom. The van der Waals surface area contributed by atoms with Gasteiger partial charge in [-0.05, 0) is 57.0 Å². The number of nitrogens with one attached hydrogen (secondary N) is 2. The van der Waals surface area contributed by atoms with Crippen molar-refractivity contribution in [3.63, 3.8) is 0 Å². The van der Waals surface area contributed by atoms with Crippen molar-refractivity contribution >= 4 is 11.7 Å². The van der Waals surface area contributed by atoms with Gasteiger partial charge >= 0.3 is 5.97 Å². The fourth-order valence-electron chi connectivity index (χ4n) is 2.32. The fraction of sp³-hybridized carbons (Fsp3) is 0.533. The van der Waals surface area contributed by atoms with E-state index in [1.54, 1.807) is 6.07 Å². The molecule has 0 amide bonds. The van der Waals surface area contributed by atoms with Crippen LogP contribution < -0.4 is 10.6 Å². The first-order chi connectivity index (χ1) is 9.29. The lowest BCUT2D eigenvalue weighted by molar-refractivity contribution is 0.0526. The molecule has 4 heteroatoms. The van der Waals surface area contributed by atoms with Crippen LogP contribution in [0.2, 0.25) is 0 Å². The highest BCUT2D eigenvalue weighted by Gasteiger charge is 2.13. The van der Waals surface area contributed by atoms with Crippen LogP contribution >= 0.6 is 0 Å². The average molecular weight is 262 g/mol. The summed E-state index contributed by atoms with van der Waals surface area (Å²) in [7, 11) is 0. The van der Waals surface area contributed by atoms with Crippen molar-refractivity contribution in [3.8, 4) is 0 Å². The maximum atomic E-state index is 11.6. The normalized spacial score (nSPS) is 16.1. The second-order valence-electron chi connectivity index (χ2n) is 4.88. The first-order valence-electron chi connectivity index (χ1n) is 7.01. The maximum absolute atomic E-state index is 11.6. The van der Waals surface area contributed by atoms with E-state index in [9.17, 15) is 4.79 Å². The van der Waals surface area contributed by atoms with E-state index in [0.717, 1.165) is 25.3 Å². The van der Waals surface area contributed by atoms with Gasteiger partial charge < -0.3 is 15.4 Å². The smallest absolute Gasteiger partial charge is 0.338 e. The van der Waals surface area contributed by atoms with Crippen LogP contribution in [0.15, 0.2) is 24.3 Å². The number of carbonyl (C=O) groups excluding carboxylic acids is 1. The molecular formula is C15H22N2O2. The van der Waals surface area contributed by atoms with Gasteiger partial charge in [-0.25, -0.2) is 4.79 Å². The quantitative estimate of drug-likeness (QED) is 0.799. The molecule has 2 rings (SSSR count). The number of hydrogen-bond acceptors (Lipinski definition) is 4. The van der Waals surface area contributed by atoms with Crippen molar-refractivity contribution in [3.05, 3.63) is 29.8 Å². The third kappa shape index (κ3) is 4.24. The summed E-state index contributed by atoms with van der Waals surface area (Å²) < 4.78 is 5.00. The van der Waals surface area contributed by atoms with Gasteiger partial charge in [0.05, 0.1) is 12.2 Å². The summed E-state index contributed by atoms with van der Waals surface area (Å²) in [6.07, 6.45) is 2.43. The molecule has 0 aromatic heterocycles. The first-order valence-corrected chi connectivity index (χ1v) is 7.01. The van der Waals surface area contributed by atoms with Crippen LogP contribution in [-0.4, -0.2) is 32.2 Å². The van der Waals surface area contributed by atoms with E-state index in [-0.39, 0.29) is 5.97 Å². The lowest BCUT2D eigenvalue weighted by atomic mass is 9.98. The molecule has 1 aliphatic rings. The third-order valence-electron chi connectivity index (χ3n) is 3.43. The van der Waals surface area contributed by atoms with Crippen molar-refractivity contribution in [1.82, 2.24) is 5.32 Å². The van der Waals surface area contributed by atoms with E-state index in [4.69, 9.17) is 4.74 Å². The Kier molecular flexibility index (Phi) is 5.21. The molecular weight excluding hydrogens is 240 g/mol. The van der Waals surface area contributed by atoms with Crippen molar-refractivity contribution in [2.24, 2.45) is 5.92 Å². The largest absolute Gasteiger partial charge is 0.462 e. The molecule has 1 aromatic rings. The highest BCUT2D eigenvalue weighted by atomic mass is 16.5. The van der Waals surface area contributed by atoms with Crippen molar-refractivity contribution < 1.29 is 9.53 Å². The van der Waals surface area contributed by atoms with Gasteiger partial charge in [-0.1, -0.05) is 6.07 Å². The molecule has 4 nitrogen and oxygen atoms in total. The highest BCUT2D eigenvalue weighted by Crippen LogP contribution is 2.15. The number of esters is 1. The van der Waals surface area contributed by atoms with Gasteiger partial charge in [0.2, 0.25) is 0 Å². The van der Waals surface area contributed by atoms with Crippen LogP contribution in [-0.2, 0) is 4.74 Å². The third-order valence-corrected chi connectivity index (χ3v) is 3.43. The summed E-state index contributed by atoms with van der Waals surface area (Å²) in [6.45, 7) is 5.40. The van der Waals surface area contributed by atoms with Crippen LogP contribution in [0.3, 0.4) is 0 Å². The summed E-state index contributed by atoms with van der Waals surface area (Å²) in [6, 6.07) is 7.52. The summed E-state index contributed by atoms with van der Waals surface area (Å²) >= 11 is 0. The zero-order valence-electron chi connectivity index (χ0n) is 11.4. The zero-order valence-corrected chi connectivity index (χ0v) is 11.4. The molecule has 0 radical (unpaired) electrons. The minimum Gasteiger partial charge on any atom is -0.462 e. The van der Waals surface area contributed by atoms with Crippen LogP contribution in [0.1, 0.15) is 30.1 Å². The summed E-state index contributed by atoms with van der Waals surface area (Å²) in [4.78, 5) is 11.6. The zero-order chi connectivity index (χ0) is 13.5. The minimum atomic E-state index is -0.256. The van der Waals surface area contributed by atoms with Gasteiger partial charge in [-0.3, -0.25) is 0 Å². The van der Waals surface area contributed by atoms with Gasteiger partial charge in [0.15, 0.2) is 0 Å². The molecule has 0 spiro atoms. The number of rotatable bonds is 5. The van der Waals surface area contributed by atoms with E-state index < -0.39 is 0 Å². The molecule has 0 aliphatic carbocycles. The van der Waals surface area contributed by atoms with Crippen LogP contribution in [0.25, 0.3) is 0 Å². The molecule has 1 heterocycles. The molecule has 19 heavy (non-hydrogen) atoms. The number of piperidine rings is 1. The van der Waals surface area contributed by atoms with Crippen molar-refractivity contribution in [2.45, 2.75) is 19.8 Å². The van der Waals surface area contributed by atoms with Crippen LogP contribution in [0.5, 0.6) is 0 Å². The Hall–Kier alpha value is -1.55.